The third-order valence-electron chi connectivity index (χ3n) is 3.67. The third kappa shape index (κ3) is 5.52. The first-order valence-electron chi connectivity index (χ1n) is 8.33. The Morgan fingerprint density at radius 3 is 2.48 bits per heavy atom. The summed E-state index contributed by atoms with van der Waals surface area (Å²) in [5.41, 5.74) is 5.09. The second-order valence-electron chi connectivity index (χ2n) is 5.58. The minimum absolute atomic E-state index is 0.112. The molecule has 2 aromatic rings. The van der Waals surface area contributed by atoms with E-state index in [2.05, 4.69) is 17.8 Å². The van der Waals surface area contributed by atoms with Crippen LogP contribution >= 0.6 is 23.2 Å². The van der Waals surface area contributed by atoms with Gasteiger partial charge in [0.25, 0.3) is 11.8 Å². The van der Waals surface area contributed by atoms with Gasteiger partial charge in [-0.25, -0.2) is 0 Å². The Morgan fingerprint density at radius 2 is 1.78 bits per heavy atom. The number of benzene rings is 2. The second kappa shape index (κ2) is 10.0. The molecule has 0 saturated carbocycles. The van der Waals surface area contributed by atoms with Crippen molar-refractivity contribution in [3.8, 4) is 11.5 Å². The van der Waals surface area contributed by atoms with Gasteiger partial charge in [0.1, 0.15) is 0 Å². The molecule has 2 amide bonds. The molecule has 27 heavy (non-hydrogen) atoms. The maximum atomic E-state index is 12.3. The molecule has 2 aromatic carbocycles. The number of halogens is 2. The van der Waals surface area contributed by atoms with Gasteiger partial charge in [0.2, 0.25) is 0 Å². The van der Waals surface area contributed by atoms with Crippen molar-refractivity contribution in [2.24, 2.45) is 0 Å². The SMILES string of the molecule is CCCCOc1ccc(C(=O)NNC(=O)c2cccc(Cl)c2Cl)cc1OC. The second-order valence-corrected chi connectivity index (χ2v) is 6.36. The highest BCUT2D eigenvalue weighted by molar-refractivity contribution is 6.43. The summed E-state index contributed by atoms with van der Waals surface area (Å²) in [7, 11) is 1.49. The third-order valence-corrected chi connectivity index (χ3v) is 4.49. The summed E-state index contributed by atoms with van der Waals surface area (Å²) in [5, 5.41) is 0.361. The fourth-order valence-corrected chi connectivity index (χ4v) is 2.57. The first-order valence-corrected chi connectivity index (χ1v) is 9.09. The van der Waals surface area contributed by atoms with Gasteiger partial charge >= 0.3 is 0 Å². The van der Waals surface area contributed by atoms with Crippen LogP contribution in [0.4, 0.5) is 0 Å². The lowest BCUT2D eigenvalue weighted by Gasteiger charge is -2.13. The number of ether oxygens (including phenoxy) is 2. The smallest absolute Gasteiger partial charge is 0.271 e. The number of hydrogen-bond donors (Lipinski definition) is 2. The highest BCUT2D eigenvalue weighted by Crippen LogP contribution is 2.28. The summed E-state index contributed by atoms with van der Waals surface area (Å²) < 4.78 is 10.9. The molecule has 0 aliphatic heterocycles. The molecule has 0 aromatic heterocycles. The molecule has 0 atom stereocenters. The van der Waals surface area contributed by atoms with Crippen molar-refractivity contribution in [1.29, 1.82) is 0 Å². The van der Waals surface area contributed by atoms with Crippen molar-refractivity contribution >= 4 is 35.0 Å². The molecule has 144 valence electrons. The molecular weight excluding hydrogens is 391 g/mol. The van der Waals surface area contributed by atoms with Crippen LogP contribution in [0.3, 0.4) is 0 Å². The van der Waals surface area contributed by atoms with Crippen LogP contribution in [0.1, 0.15) is 40.5 Å². The first kappa shape index (κ1) is 20.9. The van der Waals surface area contributed by atoms with E-state index in [0.717, 1.165) is 12.8 Å². The summed E-state index contributed by atoms with van der Waals surface area (Å²) in [5.74, 6) is -0.109. The van der Waals surface area contributed by atoms with Gasteiger partial charge in [0, 0.05) is 5.56 Å². The van der Waals surface area contributed by atoms with Gasteiger partial charge < -0.3 is 9.47 Å². The quantitative estimate of drug-likeness (QED) is 0.528. The molecule has 2 rings (SSSR count). The summed E-state index contributed by atoms with van der Waals surface area (Å²) in [4.78, 5) is 24.5. The first-order chi connectivity index (χ1) is 13.0. The zero-order chi connectivity index (χ0) is 19.8. The number of hydrogen-bond acceptors (Lipinski definition) is 4. The van der Waals surface area contributed by atoms with Crippen LogP contribution in [0.5, 0.6) is 11.5 Å². The average molecular weight is 411 g/mol. The van der Waals surface area contributed by atoms with E-state index in [9.17, 15) is 9.59 Å². The van der Waals surface area contributed by atoms with Gasteiger partial charge in [-0.1, -0.05) is 42.6 Å². The molecule has 0 fully saturated rings. The standard InChI is InChI=1S/C19H20Cl2N2O4/c1-3-4-10-27-15-9-8-12(11-16(15)26-2)18(24)22-23-19(25)13-6-5-7-14(20)17(13)21/h5-9,11H,3-4,10H2,1-2H3,(H,22,24)(H,23,25). The van der Waals surface area contributed by atoms with E-state index in [-0.39, 0.29) is 15.6 Å². The van der Waals surface area contributed by atoms with Gasteiger partial charge in [0.15, 0.2) is 11.5 Å². The molecule has 0 aliphatic carbocycles. The monoisotopic (exact) mass is 410 g/mol. The van der Waals surface area contributed by atoms with Crippen molar-refractivity contribution in [3.63, 3.8) is 0 Å². The Labute approximate surface area is 167 Å². The summed E-state index contributed by atoms with van der Waals surface area (Å²) in [6.45, 7) is 2.63. The minimum Gasteiger partial charge on any atom is -0.493 e. The zero-order valence-electron chi connectivity index (χ0n) is 15.0. The predicted octanol–water partition coefficient (Wildman–Crippen LogP) is 4.26. The van der Waals surface area contributed by atoms with Gasteiger partial charge in [-0.3, -0.25) is 20.4 Å². The molecule has 0 radical (unpaired) electrons. The van der Waals surface area contributed by atoms with E-state index >= 15 is 0 Å². The van der Waals surface area contributed by atoms with Crippen LogP contribution in [0.25, 0.3) is 0 Å². The van der Waals surface area contributed by atoms with E-state index in [4.69, 9.17) is 32.7 Å². The summed E-state index contributed by atoms with van der Waals surface area (Å²) in [6, 6.07) is 9.43. The molecule has 0 spiro atoms. The van der Waals surface area contributed by atoms with Crippen LogP contribution in [0, 0.1) is 0 Å². The fourth-order valence-electron chi connectivity index (χ4n) is 2.19. The van der Waals surface area contributed by atoms with E-state index in [1.807, 2.05) is 0 Å². The van der Waals surface area contributed by atoms with Crippen LogP contribution < -0.4 is 20.3 Å². The van der Waals surface area contributed by atoms with Crippen LogP contribution in [-0.2, 0) is 0 Å². The minimum atomic E-state index is -0.581. The predicted molar refractivity (Wildman–Crippen MR) is 105 cm³/mol. The fraction of sp³-hybridized carbons (Fsp3) is 0.263. The summed E-state index contributed by atoms with van der Waals surface area (Å²) in [6.07, 6.45) is 1.93. The number of nitrogens with one attached hydrogen (secondary N) is 2. The molecular formula is C19H20Cl2N2O4. The Balaban J connectivity index is 2.03. The van der Waals surface area contributed by atoms with Crippen molar-refractivity contribution in [3.05, 3.63) is 57.6 Å². The largest absolute Gasteiger partial charge is 0.493 e. The van der Waals surface area contributed by atoms with Crippen molar-refractivity contribution < 1.29 is 19.1 Å². The lowest BCUT2D eigenvalue weighted by molar-refractivity contribution is 0.0846. The van der Waals surface area contributed by atoms with E-state index in [1.54, 1.807) is 24.3 Å². The summed E-state index contributed by atoms with van der Waals surface area (Å²) >= 11 is 11.9. The topological polar surface area (TPSA) is 76.7 Å². The molecule has 0 bridgehead atoms. The number of rotatable bonds is 7. The number of carbonyl (C=O) groups excluding carboxylic acids is 2. The Bertz CT molecular complexity index is 827. The number of unbranched alkanes of at least 4 members (excludes halogenated alkanes) is 1. The molecule has 0 unspecified atom stereocenters. The van der Waals surface area contributed by atoms with Gasteiger partial charge in [-0.05, 0) is 36.8 Å². The maximum Gasteiger partial charge on any atom is 0.271 e. The van der Waals surface area contributed by atoms with Gasteiger partial charge in [-0.15, -0.1) is 0 Å². The van der Waals surface area contributed by atoms with E-state index < -0.39 is 11.8 Å². The Kier molecular flexibility index (Phi) is 7.76. The van der Waals surface area contributed by atoms with Crippen molar-refractivity contribution in [2.75, 3.05) is 13.7 Å². The lowest BCUT2D eigenvalue weighted by atomic mass is 10.2. The number of amides is 2. The van der Waals surface area contributed by atoms with E-state index in [0.29, 0.717) is 23.7 Å². The van der Waals surface area contributed by atoms with Crippen LogP contribution in [0.2, 0.25) is 10.0 Å². The maximum absolute atomic E-state index is 12.3. The van der Waals surface area contributed by atoms with Crippen LogP contribution in [0.15, 0.2) is 36.4 Å². The number of hydrazine groups is 1. The normalized spacial score (nSPS) is 10.2. The van der Waals surface area contributed by atoms with Crippen LogP contribution in [-0.4, -0.2) is 25.5 Å². The van der Waals surface area contributed by atoms with Gasteiger partial charge in [0.05, 0.1) is 29.3 Å². The molecule has 0 aliphatic rings. The molecule has 0 heterocycles. The highest BCUT2D eigenvalue weighted by Gasteiger charge is 2.15. The Hall–Kier alpha value is -2.44. The molecule has 2 N–H and O–H groups in total. The van der Waals surface area contributed by atoms with Gasteiger partial charge in [-0.2, -0.15) is 0 Å². The Morgan fingerprint density at radius 1 is 1.04 bits per heavy atom. The van der Waals surface area contributed by atoms with E-state index in [1.165, 1.54) is 19.2 Å². The zero-order valence-corrected chi connectivity index (χ0v) is 16.5. The molecule has 8 heteroatoms. The molecule has 6 nitrogen and oxygen atoms in total. The van der Waals surface area contributed by atoms with Crippen molar-refractivity contribution in [2.45, 2.75) is 19.8 Å². The van der Waals surface area contributed by atoms with Crippen molar-refractivity contribution in [1.82, 2.24) is 10.9 Å². The number of carbonyl (C=O) groups is 2. The number of methoxy groups -OCH3 is 1. The average Bonchev–Trinajstić information content (AvgIpc) is 2.68. The molecule has 0 saturated heterocycles. The lowest BCUT2D eigenvalue weighted by Crippen LogP contribution is -2.41. The highest BCUT2D eigenvalue weighted by atomic mass is 35.5.